The van der Waals surface area contributed by atoms with E-state index in [4.69, 9.17) is 23.2 Å². The molecule has 3 aromatic rings. The van der Waals surface area contributed by atoms with Crippen LogP contribution >= 0.6 is 35.0 Å². The van der Waals surface area contributed by atoms with E-state index in [9.17, 15) is 4.79 Å². The third-order valence-corrected chi connectivity index (χ3v) is 5.33. The third-order valence-electron chi connectivity index (χ3n) is 3.62. The van der Waals surface area contributed by atoms with Gasteiger partial charge in [-0.2, -0.15) is 0 Å². The van der Waals surface area contributed by atoms with Gasteiger partial charge in [-0.05, 0) is 30.7 Å². The summed E-state index contributed by atoms with van der Waals surface area (Å²) in [6.45, 7) is 2.56. The van der Waals surface area contributed by atoms with Crippen molar-refractivity contribution in [1.29, 1.82) is 0 Å². The summed E-state index contributed by atoms with van der Waals surface area (Å²) < 4.78 is 1.99. The Morgan fingerprint density at radius 1 is 1.12 bits per heavy atom. The SMILES string of the molecule is Cc1nnc(SCC(=O)Nc2ccc(Cl)c(Cl)c2)n1Cc1ccccc1. The van der Waals surface area contributed by atoms with E-state index < -0.39 is 0 Å². The van der Waals surface area contributed by atoms with Crippen LogP contribution in [0.3, 0.4) is 0 Å². The van der Waals surface area contributed by atoms with Crippen LogP contribution in [-0.4, -0.2) is 26.4 Å². The Morgan fingerprint density at radius 3 is 2.62 bits per heavy atom. The molecule has 1 aromatic heterocycles. The summed E-state index contributed by atoms with van der Waals surface area (Å²) in [4.78, 5) is 12.2. The van der Waals surface area contributed by atoms with Gasteiger partial charge >= 0.3 is 0 Å². The molecule has 0 radical (unpaired) electrons. The lowest BCUT2D eigenvalue weighted by Crippen LogP contribution is -2.14. The number of carbonyl (C=O) groups excluding carboxylic acids is 1. The second kappa shape index (κ2) is 8.58. The van der Waals surface area contributed by atoms with Crippen molar-refractivity contribution in [2.24, 2.45) is 0 Å². The van der Waals surface area contributed by atoms with E-state index >= 15 is 0 Å². The van der Waals surface area contributed by atoms with Gasteiger partial charge in [0.05, 0.1) is 22.3 Å². The standard InChI is InChI=1S/C18H16Cl2N4OS/c1-12-22-23-18(24(12)10-13-5-3-2-4-6-13)26-11-17(25)21-14-7-8-15(19)16(20)9-14/h2-9H,10-11H2,1H3,(H,21,25). The van der Waals surface area contributed by atoms with Crippen molar-refractivity contribution >= 4 is 46.6 Å². The first-order valence-corrected chi connectivity index (χ1v) is 9.58. The maximum absolute atomic E-state index is 12.2. The van der Waals surface area contributed by atoms with E-state index in [0.29, 0.717) is 27.4 Å². The van der Waals surface area contributed by atoms with Gasteiger partial charge in [0.1, 0.15) is 5.82 Å². The number of amides is 1. The molecule has 134 valence electrons. The molecule has 0 fully saturated rings. The summed E-state index contributed by atoms with van der Waals surface area (Å²) in [5.74, 6) is 0.870. The third kappa shape index (κ3) is 4.78. The highest BCUT2D eigenvalue weighted by atomic mass is 35.5. The monoisotopic (exact) mass is 406 g/mol. The minimum absolute atomic E-state index is 0.152. The van der Waals surface area contributed by atoms with E-state index in [1.807, 2.05) is 41.8 Å². The predicted octanol–water partition coefficient (Wildman–Crippen LogP) is 4.67. The van der Waals surface area contributed by atoms with Crippen LogP contribution in [0.15, 0.2) is 53.7 Å². The molecule has 0 saturated heterocycles. The van der Waals surface area contributed by atoms with E-state index in [2.05, 4.69) is 15.5 Å². The van der Waals surface area contributed by atoms with E-state index in [1.165, 1.54) is 11.8 Å². The van der Waals surface area contributed by atoms with Crippen LogP contribution in [0, 0.1) is 6.92 Å². The summed E-state index contributed by atoms with van der Waals surface area (Å²) in [5.41, 5.74) is 1.75. The molecule has 1 heterocycles. The van der Waals surface area contributed by atoms with Gasteiger partial charge in [-0.15, -0.1) is 10.2 Å². The van der Waals surface area contributed by atoms with E-state index in [-0.39, 0.29) is 11.7 Å². The maximum atomic E-state index is 12.2. The van der Waals surface area contributed by atoms with Crippen molar-refractivity contribution in [2.45, 2.75) is 18.6 Å². The van der Waals surface area contributed by atoms with Crippen LogP contribution in [0.4, 0.5) is 5.69 Å². The van der Waals surface area contributed by atoms with Crippen molar-refractivity contribution in [3.63, 3.8) is 0 Å². The molecule has 1 N–H and O–H groups in total. The number of hydrogen-bond donors (Lipinski definition) is 1. The van der Waals surface area contributed by atoms with Crippen LogP contribution in [0.5, 0.6) is 0 Å². The molecule has 0 aliphatic rings. The number of benzene rings is 2. The lowest BCUT2D eigenvalue weighted by Gasteiger charge is -2.09. The number of halogens is 2. The fourth-order valence-electron chi connectivity index (χ4n) is 2.32. The number of thioether (sulfide) groups is 1. The van der Waals surface area contributed by atoms with Gasteiger partial charge in [0, 0.05) is 5.69 Å². The largest absolute Gasteiger partial charge is 0.325 e. The second-order valence-corrected chi connectivity index (χ2v) is 7.32. The lowest BCUT2D eigenvalue weighted by atomic mass is 10.2. The fourth-order valence-corrected chi connectivity index (χ4v) is 3.40. The summed E-state index contributed by atoms with van der Waals surface area (Å²) in [5, 5.41) is 12.6. The second-order valence-electron chi connectivity index (χ2n) is 5.57. The van der Waals surface area contributed by atoms with Gasteiger partial charge in [0.25, 0.3) is 0 Å². The van der Waals surface area contributed by atoms with Crippen LogP contribution in [-0.2, 0) is 11.3 Å². The number of anilines is 1. The molecule has 1 amide bonds. The van der Waals surface area contributed by atoms with Crippen molar-refractivity contribution in [3.8, 4) is 0 Å². The van der Waals surface area contributed by atoms with Gasteiger partial charge in [0.2, 0.25) is 5.91 Å². The molecule has 0 unspecified atom stereocenters. The Hall–Kier alpha value is -2.02. The number of carbonyl (C=O) groups is 1. The summed E-state index contributed by atoms with van der Waals surface area (Å²) >= 11 is 13.2. The topological polar surface area (TPSA) is 59.8 Å². The molecule has 0 aliphatic carbocycles. The highest BCUT2D eigenvalue weighted by Crippen LogP contribution is 2.25. The highest BCUT2D eigenvalue weighted by Gasteiger charge is 2.12. The normalized spacial score (nSPS) is 10.7. The van der Waals surface area contributed by atoms with Gasteiger partial charge in [-0.1, -0.05) is 65.3 Å². The summed E-state index contributed by atoms with van der Waals surface area (Å²) in [6, 6.07) is 15.0. The molecular weight excluding hydrogens is 391 g/mol. The van der Waals surface area contributed by atoms with Crippen molar-refractivity contribution in [2.75, 3.05) is 11.1 Å². The van der Waals surface area contributed by atoms with Gasteiger partial charge in [-0.3, -0.25) is 4.79 Å². The van der Waals surface area contributed by atoms with Crippen LogP contribution in [0.25, 0.3) is 0 Å². The predicted molar refractivity (Wildman–Crippen MR) is 106 cm³/mol. The smallest absolute Gasteiger partial charge is 0.234 e. The first kappa shape index (κ1) is 18.8. The minimum Gasteiger partial charge on any atom is -0.325 e. The average Bonchev–Trinajstić information content (AvgIpc) is 2.97. The molecule has 8 heteroatoms. The molecule has 26 heavy (non-hydrogen) atoms. The Bertz CT molecular complexity index is 915. The lowest BCUT2D eigenvalue weighted by molar-refractivity contribution is -0.113. The molecule has 0 aliphatic heterocycles. The van der Waals surface area contributed by atoms with Crippen molar-refractivity contribution < 1.29 is 4.79 Å². The van der Waals surface area contributed by atoms with Gasteiger partial charge < -0.3 is 9.88 Å². The van der Waals surface area contributed by atoms with Gasteiger partial charge in [-0.25, -0.2) is 0 Å². The summed E-state index contributed by atoms with van der Waals surface area (Å²) in [6.07, 6.45) is 0. The first-order valence-electron chi connectivity index (χ1n) is 7.84. The van der Waals surface area contributed by atoms with Crippen molar-refractivity contribution in [3.05, 3.63) is 70.0 Å². The quantitative estimate of drug-likeness (QED) is 0.604. The minimum atomic E-state index is -0.152. The number of hydrogen-bond acceptors (Lipinski definition) is 4. The Kier molecular flexibility index (Phi) is 6.19. The molecule has 2 aromatic carbocycles. The molecule has 0 bridgehead atoms. The zero-order chi connectivity index (χ0) is 18.5. The molecule has 0 atom stereocenters. The summed E-state index contributed by atoms with van der Waals surface area (Å²) in [7, 11) is 0. The number of nitrogens with zero attached hydrogens (tertiary/aromatic N) is 3. The molecular formula is C18H16Cl2N4OS. The van der Waals surface area contributed by atoms with Gasteiger partial charge in [0.15, 0.2) is 5.16 Å². The first-order chi connectivity index (χ1) is 12.5. The molecule has 0 spiro atoms. The number of rotatable bonds is 6. The average molecular weight is 407 g/mol. The van der Waals surface area contributed by atoms with Crippen LogP contribution in [0.1, 0.15) is 11.4 Å². The zero-order valence-electron chi connectivity index (χ0n) is 13.9. The zero-order valence-corrected chi connectivity index (χ0v) is 16.3. The fraction of sp³-hybridized carbons (Fsp3) is 0.167. The van der Waals surface area contributed by atoms with E-state index in [0.717, 1.165) is 11.4 Å². The van der Waals surface area contributed by atoms with Crippen molar-refractivity contribution in [1.82, 2.24) is 14.8 Å². The Morgan fingerprint density at radius 2 is 1.88 bits per heavy atom. The number of aryl methyl sites for hydroxylation is 1. The molecule has 5 nitrogen and oxygen atoms in total. The van der Waals surface area contributed by atoms with E-state index in [1.54, 1.807) is 18.2 Å². The van der Waals surface area contributed by atoms with Crippen LogP contribution < -0.4 is 5.32 Å². The Labute approximate surface area is 165 Å². The van der Waals surface area contributed by atoms with Crippen LogP contribution in [0.2, 0.25) is 10.0 Å². The molecule has 0 saturated carbocycles. The number of aromatic nitrogens is 3. The molecule has 3 rings (SSSR count). The Balaban J connectivity index is 1.62. The number of nitrogens with one attached hydrogen (secondary N) is 1. The maximum Gasteiger partial charge on any atom is 0.234 e. The highest BCUT2D eigenvalue weighted by molar-refractivity contribution is 7.99.